The van der Waals surface area contributed by atoms with E-state index in [9.17, 15) is 13.6 Å². The lowest BCUT2D eigenvalue weighted by molar-refractivity contribution is -0.118. The van der Waals surface area contributed by atoms with Crippen LogP contribution < -0.4 is 10.6 Å². The Bertz CT molecular complexity index is 558. The van der Waals surface area contributed by atoms with Crippen molar-refractivity contribution in [2.75, 3.05) is 18.4 Å². The number of benzene rings is 1. The van der Waals surface area contributed by atoms with Crippen molar-refractivity contribution in [2.45, 2.75) is 19.3 Å². The van der Waals surface area contributed by atoms with E-state index < -0.39 is 11.6 Å². The van der Waals surface area contributed by atoms with E-state index in [1.54, 1.807) is 0 Å². The minimum absolute atomic E-state index is 0.0271. The van der Waals surface area contributed by atoms with Crippen LogP contribution in [0, 0.1) is 23.0 Å². The molecule has 1 aliphatic heterocycles. The van der Waals surface area contributed by atoms with Gasteiger partial charge in [0.1, 0.15) is 11.6 Å². The molecule has 1 saturated carbocycles. The van der Waals surface area contributed by atoms with Crippen molar-refractivity contribution >= 4 is 27.5 Å². The lowest BCUT2D eigenvalue weighted by atomic mass is 9.92. The fourth-order valence-electron chi connectivity index (χ4n) is 3.03. The van der Waals surface area contributed by atoms with Crippen molar-refractivity contribution in [3.05, 3.63) is 28.2 Å². The summed E-state index contributed by atoms with van der Waals surface area (Å²) in [6.45, 7) is 1.86. The van der Waals surface area contributed by atoms with Gasteiger partial charge in [0.15, 0.2) is 0 Å². The van der Waals surface area contributed by atoms with Crippen molar-refractivity contribution < 1.29 is 13.6 Å². The van der Waals surface area contributed by atoms with Crippen molar-refractivity contribution in [2.24, 2.45) is 11.3 Å². The van der Waals surface area contributed by atoms with Gasteiger partial charge in [-0.15, -0.1) is 0 Å². The van der Waals surface area contributed by atoms with E-state index in [4.69, 9.17) is 0 Å². The van der Waals surface area contributed by atoms with E-state index in [1.807, 2.05) is 0 Å². The van der Waals surface area contributed by atoms with Crippen LogP contribution in [-0.4, -0.2) is 19.0 Å². The molecule has 2 aliphatic rings. The molecule has 1 atom stereocenters. The monoisotopic (exact) mass is 344 g/mol. The SMILES string of the molecule is O=C(Nc1cc(Br)c(F)cc1F)C1CC12CCNCC2. The Morgan fingerprint density at radius 1 is 1.30 bits per heavy atom. The molecule has 1 unspecified atom stereocenters. The average Bonchev–Trinajstić information content (AvgIpc) is 3.10. The molecule has 1 aliphatic carbocycles. The molecular weight excluding hydrogens is 330 g/mol. The number of piperidine rings is 1. The number of rotatable bonds is 2. The van der Waals surface area contributed by atoms with E-state index in [-0.39, 0.29) is 27.4 Å². The molecule has 1 saturated heterocycles. The number of halogens is 3. The van der Waals surface area contributed by atoms with Gasteiger partial charge >= 0.3 is 0 Å². The van der Waals surface area contributed by atoms with Crippen LogP contribution in [0.4, 0.5) is 14.5 Å². The Hall–Kier alpha value is -1.01. The summed E-state index contributed by atoms with van der Waals surface area (Å²) < 4.78 is 26.9. The number of anilines is 1. The number of carbonyl (C=O) groups is 1. The third-order valence-electron chi connectivity index (χ3n) is 4.37. The van der Waals surface area contributed by atoms with E-state index in [0.717, 1.165) is 38.4 Å². The molecule has 1 amide bonds. The molecule has 108 valence electrons. The van der Waals surface area contributed by atoms with Gasteiger partial charge in [-0.3, -0.25) is 4.79 Å². The van der Waals surface area contributed by atoms with Crippen LogP contribution in [0.2, 0.25) is 0 Å². The van der Waals surface area contributed by atoms with Gasteiger partial charge in [0.25, 0.3) is 0 Å². The van der Waals surface area contributed by atoms with Crippen LogP contribution in [0.3, 0.4) is 0 Å². The molecule has 0 radical (unpaired) electrons. The molecule has 0 aromatic heterocycles. The molecule has 1 heterocycles. The quantitative estimate of drug-likeness (QED) is 0.809. The molecule has 1 spiro atoms. The predicted octanol–water partition coefficient (Wildman–Crippen LogP) is 3.06. The third-order valence-corrected chi connectivity index (χ3v) is 4.98. The Labute approximate surface area is 124 Å². The van der Waals surface area contributed by atoms with Crippen LogP contribution in [0.25, 0.3) is 0 Å². The fourth-order valence-corrected chi connectivity index (χ4v) is 3.38. The normalized spacial score (nSPS) is 23.6. The van der Waals surface area contributed by atoms with Crippen LogP contribution in [0.1, 0.15) is 19.3 Å². The largest absolute Gasteiger partial charge is 0.323 e. The lowest BCUT2D eigenvalue weighted by Crippen LogP contribution is -2.31. The zero-order valence-electron chi connectivity index (χ0n) is 10.8. The van der Waals surface area contributed by atoms with Gasteiger partial charge in [0.05, 0.1) is 10.2 Å². The smallest absolute Gasteiger partial charge is 0.228 e. The third kappa shape index (κ3) is 2.46. The first-order valence-electron chi connectivity index (χ1n) is 6.68. The van der Waals surface area contributed by atoms with E-state index in [2.05, 4.69) is 26.6 Å². The number of nitrogens with one attached hydrogen (secondary N) is 2. The summed E-state index contributed by atoms with van der Waals surface area (Å²) in [5, 5.41) is 5.85. The maximum Gasteiger partial charge on any atom is 0.228 e. The molecule has 6 heteroatoms. The number of hydrogen-bond donors (Lipinski definition) is 2. The Morgan fingerprint density at radius 2 is 2.00 bits per heavy atom. The first kappa shape index (κ1) is 13.9. The maximum atomic E-state index is 13.6. The summed E-state index contributed by atoms with van der Waals surface area (Å²) >= 11 is 2.99. The highest BCUT2D eigenvalue weighted by molar-refractivity contribution is 9.10. The van der Waals surface area contributed by atoms with Gasteiger partial charge in [-0.05, 0) is 59.8 Å². The zero-order valence-corrected chi connectivity index (χ0v) is 12.4. The molecule has 1 aromatic carbocycles. The summed E-state index contributed by atoms with van der Waals surface area (Å²) in [7, 11) is 0. The van der Waals surface area contributed by atoms with Gasteiger partial charge in [0, 0.05) is 12.0 Å². The average molecular weight is 345 g/mol. The molecule has 3 nitrogen and oxygen atoms in total. The first-order chi connectivity index (χ1) is 9.52. The second-order valence-corrected chi connectivity index (χ2v) is 6.46. The zero-order chi connectivity index (χ0) is 14.3. The standard InChI is InChI=1S/C14H15BrF2N2O/c15-9-5-12(11(17)6-10(9)16)19-13(20)8-7-14(8)1-3-18-4-2-14/h5-6,8,18H,1-4,7H2,(H,19,20). The summed E-state index contributed by atoms with van der Waals surface area (Å²) in [6, 6.07) is 2.03. The minimum atomic E-state index is -0.751. The molecule has 0 bridgehead atoms. The Balaban J connectivity index is 1.70. The van der Waals surface area contributed by atoms with Crippen molar-refractivity contribution in [3.63, 3.8) is 0 Å². The molecule has 2 N–H and O–H groups in total. The summed E-state index contributed by atoms with van der Waals surface area (Å²) in [5.74, 6) is -1.64. The lowest BCUT2D eigenvalue weighted by Gasteiger charge is -2.23. The molecular formula is C14H15BrF2N2O. The molecule has 1 aromatic rings. The molecule has 2 fully saturated rings. The van der Waals surface area contributed by atoms with Crippen molar-refractivity contribution in [3.8, 4) is 0 Å². The van der Waals surface area contributed by atoms with Crippen molar-refractivity contribution in [1.29, 1.82) is 0 Å². The van der Waals surface area contributed by atoms with Crippen molar-refractivity contribution in [1.82, 2.24) is 5.32 Å². The summed E-state index contributed by atoms with van der Waals surface area (Å²) in [4.78, 5) is 12.2. The van der Waals surface area contributed by atoms with Crippen LogP contribution in [0.5, 0.6) is 0 Å². The van der Waals surface area contributed by atoms with Crippen LogP contribution in [-0.2, 0) is 4.79 Å². The fraction of sp³-hybridized carbons (Fsp3) is 0.500. The van der Waals surface area contributed by atoms with Crippen LogP contribution >= 0.6 is 15.9 Å². The topological polar surface area (TPSA) is 41.1 Å². The van der Waals surface area contributed by atoms with Gasteiger partial charge in [-0.1, -0.05) is 0 Å². The summed E-state index contributed by atoms with van der Waals surface area (Å²) in [6.07, 6.45) is 2.84. The van der Waals surface area contributed by atoms with E-state index in [1.165, 1.54) is 6.07 Å². The summed E-state index contributed by atoms with van der Waals surface area (Å²) in [5.41, 5.74) is 0.127. The van der Waals surface area contributed by atoms with E-state index >= 15 is 0 Å². The van der Waals surface area contributed by atoms with Gasteiger partial charge in [-0.2, -0.15) is 0 Å². The predicted molar refractivity (Wildman–Crippen MR) is 75.3 cm³/mol. The number of hydrogen-bond acceptors (Lipinski definition) is 2. The highest BCUT2D eigenvalue weighted by atomic mass is 79.9. The van der Waals surface area contributed by atoms with Gasteiger partial charge < -0.3 is 10.6 Å². The Morgan fingerprint density at radius 3 is 2.70 bits per heavy atom. The Kier molecular flexibility index (Phi) is 3.54. The van der Waals surface area contributed by atoms with Gasteiger partial charge in [0.2, 0.25) is 5.91 Å². The number of amides is 1. The minimum Gasteiger partial charge on any atom is -0.323 e. The first-order valence-corrected chi connectivity index (χ1v) is 7.47. The van der Waals surface area contributed by atoms with E-state index in [0.29, 0.717) is 0 Å². The highest BCUT2D eigenvalue weighted by Gasteiger charge is 2.57. The second-order valence-electron chi connectivity index (χ2n) is 5.60. The maximum absolute atomic E-state index is 13.6. The molecule has 20 heavy (non-hydrogen) atoms. The highest BCUT2D eigenvalue weighted by Crippen LogP contribution is 2.58. The van der Waals surface area contributed by atoms with Gasteiger partial charge in [-0.25, -0.2) is 8.78 Å². The number of carbonyl (C=O) groups excluding carboxylic acids is 1. The molecule has 3 rings (SSSR count). The van der Waals surface area contributed by atoms with Crippen LogP contribution in [0.15, 0.2) is 16.6 Å². The second kappa shape index (κ2) is 5.07.